The van der Waals surface area contributed by atoms with Crippen LogP contribution in [0.3, 0.4) is 0 Å². The maximum atomic E-state index is 11.8. The van der Waals surface area contributed by atoms with Crippen molar-refractivity contribution in [3.8, 4) is 5.75 Å². The van der Waals surface area contributed by atoms with Crippen molar-refractivity contribution in [1.82, 2.24) is 0 Å². The van der Waals surface area contributed by atoms with E-state index in [2.05, 4.69) is 18.7 Å². The fourth-order valence-corrected chi connectivity index (χ4v) is 3.03. The highest BCUT2D eigenvalue weighted by atomic mass is 32.1. The van der Waals surface area contributed by atoms with Crippen LogP contribution in [0.2, 0.25) is 0 Å². The Balaban J connectivity index is 3.26. The summed E-state index contributed by atoms with van der Waals surface area (Å²) in [6, 6.07) is 0. The van der Waals surface area contributed by atoms with Gasteiger partial charge in [0.1, 0.15) is 5.00 Å². The first-order valence-corrected chi connectivity index (χ1v) is 6.66. The smallest absolute Gasteiger partial charge is 0.177 e. The number of nitrogens with zero attached hydrogens (tertiary/aromatic N) is 1. The Kier molecular flexibility index (Phi) is 4.81. The Bertz CT molecular complexity index is 397. The lowest BCUT2D eigenvalue weighted by Gasteiger charge is -2.19. The maximum absolute atomic E-state index is 11.8. The number of anilines is 2. The number of carbonyl (C=O) groups excluding carboxylic acids is 1. The van der Waals surface area contributed by atoms with Crippen molar-refractivity contribution in [2.45, 2.75) is 27.2 Å². The normalized spacial score (nSPS) is 10.4. The second kappa shape index (κ2) is 5.91. The standard InChI is InChI=1S/C12H20N2O2S/c1-5-8(15)11-9(13)10(16-4)12(17-11)14(6-2)7-3/h5-7,13H2,1-4H3. The molecule has 1 aromatic heterocycles. The van der Waals surface area contributed by atoms with Gasteiger partial charge < -0.3 is 15.4 Å². The third kappa shape index (κ3) is 2.54. The highest BCUT2D eigenvalue weighted by molar-refractivity contribution is 7.19. The van der Waals surface area contributed by atoms with Crippen molar-refractivity contribution in [3.05, 3.63) is 4.88 Å². The topological polar surface area (TPSA) is 55.6 Å². The van der Waals surface area contributed by atoms with Gasteiger partial charge in [0.25, 0.3) is 0 Å². The summed E-state index contributed by atoms with van der Waals surface area (Å²) < 4.78 is 5.33. The quantitative estimate of drug-likeness (QED) is 0.795. The number of methoxy groups -OCH3 is 1. The lowest BCUT2D eigenvalue weighted by atomic mass is 10.2. The molecule has 0 saturated carbocycles. The van der Waals surface area contributed by atoms with E-state index in [4.69, 9.17) is 10.5 Å². The van der Waals surface area contributed by atoms with Crippen LogP contribution in [0.15, 0.2) is 0 Å². The molecule has 0 unspecified atom stereocenters. The summed E-state index contributed by atoms with van der Waals surface area (Å²) in [6.45, 7) is 7.71. The van der Waals surface area contributed by atoms with Gasteiger partial charge in [-0.05, 0) is 13.8 Å². The van der Waals surface area contributed by atoms with E-state index >= 15 is 0 Å². The van der Waals surface area contributed by atoms with Crippen LogP contribution in [-0.2, 0) is 0 Å². The number of ketones is 1. The van der Waals surface area contributed by atoms with Crippen LogP contribution >= 0.6 is 11.3 Å². The van der Waals surface area contributed by atoms with Crippen LogP contribution in [0.5, 0.6) is 5.75 Å². The van der Waals surface area contributed by atoms with Crippen LogP contribution in [0.25, 0.3) is 0 Å². The molecule has 1 rings (SSSR count). The van der Waals surface area contributed by atoms with E-state index in [0.29, 0.717) is 22.7 Å². The zero-order valence-corrected chi connectivity index (χ0v) is 11.7. The first-order valence-electron chi connectivity index (χ1n) is 5.84. The molecule has 0 aliphatic carbocycles. The Morgan fingerprint density at radius 2 is 1.94 bits per heavy atom. The SMILES string of the molecule is CCC(=O)c1sc(N(CC)CC)c(OC)c1N. The molecule has 0 aliphatic rings. The molecule has 2 N–H and O–H groups in total. The fourth-order valence-electron chi connectivity index (χ4n) is 1.70. The monoisotopic (exact) mass is 256 g/mol. The molecule has 0 aromatic carbocycles. The van der Waals surface area contributed by atoms with Crippen molar-refractivity contribution in [1.29, 1.82) is 0 Å². The van der Waals surface area contributed by atoms with E-state index in [1.54, 1.807) is 7.11 Å². The molecule has 0 amide bonds. The largest absolute Gasteiger partial charge is 0.492 e. The van der Waals surface area contributed by atoms with Crippen molar-refractivity contribution in [2.75, 3.05) is 30.8 Å². The molecule has 0 radical (unpaired) electrons. The highest BCUT2D eigenvalue weighted by Gasteiger charge is 2.23. The minimum Gasteiger partial charge on any atom is -0.492 e. The summed E-state index contributed by atoms with van der Waals surface area (Å²) in [5.74, 6) is 0.708. The summed E-state index contributed by atoms with van der Waals surface area (Å²) >= 11 is 1.43. The fraction of sp³-hybridized carbons (Fsp3) is 0.583. The van der Waals surface area contributed by atoms with Gasteiger partial charge in [-0.2, -0.15) is 0 Å². The van der Waals surface area contributed by atoms with Crippen LogP contribution in [0.1, 0.15) is 36.9 Å². The van der Waals surface area contributed by atoms with Gasteiger partial charge in [0.05, 0.1) is 17.7 Å². The maximum Gasteiger partial charge on any atom is 0.177 e. The number of hydrogen-bond acceptors (Lipinski definition) is 5. The Morgan fingerprint density at radius 3 is 2.35 bits per heavy atom. The van der Waals surface area contributed by atoms with Crippen molar-refractivity contribution in [2.24, 2.45) is 0 Å². The van der Waals surface area contributed by atoms with E-state index < -0.39 is 0 Å². The minimum atomic E-state index is 0.0733. The molecule has 0 spiro atoms. The molecule has 0 bridgehead atoms. The predicted octanol–water partition coefficient (Wildman–Crippen LogP) is 2.78. The second-order valence-corrected chi connectivity index (χ2v) is 4.63. The van der Waals surface area contributed by atoms with E-state index in [1.807, 2.05) is 6.92 Å². The molecular weight excluding hydrogens is 236 g/mol. The van der Waals surface area contributed by atoms with Crippen molar-refractivity contribution >= 4 is 27.8 Å². The van der Waals surface area contributed by atoms with Crippen LogP contribution in [0, 0.1) is 0 Å². The summed E-state index contributed by atoms with van der Waals surface area (Å²) in [4.78, 5) is 14.5. The Labute approximate surface area is 106 Å². The van der Waals surface area contributed by atoms with E-state index in [9.17, 15) is 4.79 Å². The average molecular weight is 256 g/mol. The van der Waals surface area contributed by atoms with Gasteiger partial charge >= 0.3 is 0 Å². The number of rotatable bonds is 6. The Morgan fingerprint density at radius 1 is 1.35 bits per heavy atom. The minimum absolute atomic E-state index is 0.0733. The molecule has 1 aromatic rings. The summed E-state index contributed by atoms with van der Waals surface area (Å²) in [5, 5.41) is 0.951. The number of ether oxygens (including phenoxy) is 1. The van der Waals surface area contributed by atoms with Gasteiger partial charge in [-0.3, -0.25) is 4.79 Å². The number of carbonyl (C=O) groups is 1. The Hall–Kier alpha value is -1.23. The molecule has 96 valence electrons. The number of thiophene rings is 1. The third-order valence-electron chi connectivity index (χ3n) is 2.71. The predicted molar refractivity (Wildman–Crippen MR) is 73.5 cm³/mol. The van der Waals surface area contributed by atoms with Crippen LogP contribution in [-0.4, -0.2) is 26.0 Å². The summed E-state index contributed by atoms with van der Waals surface area (Å²) in [7, 11) is 1.59. The van der Waals surface area contributed by atoms with Gasteiger partial charge in [0.2, 0.25) is 0 Å². The zero-order chi connectivity index (χ0) is 13.0. The summed E-state index contributed by atoms with van der Waals surface area (Å²) in [6.07, 6.45) is 0.464. The first kappa shape index (κ1) is 13.8. The zero-order valence-electron chi connectivity index (χ0n) is 10.9. The number of nitrogens with two attached hydrogens (primary N) is 1. The molecule has 5 heteroatoms. The van der Waals surface area contributed by atoms with Gasteiger partial charge in [-0.1, -0.05) is 6.92 Å². The highest BCUT2D eigenvalue weighted by Crippen LogP contribution is 2.45. The molecule has 0 aliphatic heterocycles. The molecule has 17 heavy (non-hydrogen) atoms. The molecular formula is C12H20N2O2S. The van der Waals surface area contributed by atoms with Crippen LogP contribution in [0.4, 0.5) is 10.7 Å². The van der Waals surface area contributed by atoms with Gasteiger partial charge in [0.15, 0.2) is 11.5 Å². The molecule has 4 nitrogen and oxygen atoms in total. The molecule has 0 atom stereocenters. The lowest BCUT2D eigenvalue weighted by Crippen LogP contribution is -2.21. The second-order valence-electron chi connectivity index (χ2n) is 3.63. The average Bonchev–Trinajstić information content (AvgIpc) is 2.67. The van der Waals surface area contributed by atoms with Crippen molar-refractivity contribution in [3.63, 3.8) is 0 Å². The van der Waals surface area contributed by atoms with Crippen molar-refractivity contribution < 1.29 is 9.53 Å². The number of hydrogen-bond donors (Lipinski definition) is 1. The van der Waals surface area contributed by atoms with E-state index in [-0.39, 0.29) is 5.78 Å². The number of Topliss-reactive ketones (excluding diaryl/α,β-unsaturated/α-hetero) is 1. The molecule has 0 saturated heterocycles. The molecule has 1 heterocycles. The summed E-state index contributed by atoms with van der Waals surface area (Å²) in [5.41, 5.74) is 6.45. The van der Waals surface area contributed by atoms with E-state index in [1.165, 1.54) is 11.3 Å². The van der Waals surface area contributed by atoms with Gasteiger partial charge in [0, 0.05) is 19.5 Å². The number of nitrogen functional groups attached to an aromatic ring is 1. The first-order chi connectivity index (χ1) is 8.10. The van der Waals surface area contributed by atoms with E-state index in [0.717, 1.165) is 18.1 Å². The lowest BCUT2D eigenvalue weighted by molar-refractivity contribution is 0.0992. The third-order valence-corrected chi connectivity index (χ3v) is 4.00. The molecule has 0 fully saturated rings. The van der Waals surface area contributed by atoms with Gasteiger partial charge in [-0.25, -0.2) is 0 Å². The van der Waals surface area contributed by atoms with Crippen LogP contribution < -0.4 is 15.4 Å². The van der Waals surface area contributed by atoms with Gasteiger partial charge in [-0.15, -0.1) is 11.3 Å².